The van der Waals surface area contributed by atoms with E-state index in [0.717, 1.165) is 11.3 Å². The van der Waals surface area contributed by atoms with Gasteiger partial charge in [0.25, 0.3) is 0 Å². The first-order valence-electron chi connectivity index (χ1n) is 5.51. The first kappa shape index (κ1) is 10.6. The fourth-order valence-electron chi connectivity index (χ4n) is 1.71. The van der Waals surface area contributed by atoms with E-state index in [0.29, 0.717) is 11.2 Å². The van der Waals surface area contributed by atoms with Crippen LogP contribution >= 0.6 is 0 Å². The van der Waals surface area contributed by atoms with Crippen LogP contribution in [-0.2, 0) is 0 Å². The van der Waals surface area contributed by atoms with E-state index in [1.807, 2.05) is 18.2 Å². The highest BCUT2D eigenvalue weighted by Gasteiger charge is 2.07. The molecule has 5 nitrogen and oxygen atoms in total. The zero-order chi connectivity index (χ0) is 12.5. The number of fused-ring (bicyclic) bond motifs is 1. The summed E-state index contributed by atoms with van der Waals surface area (Å²) in [6.45, 7) is 1.51. The number of hydrogen-bond donors (Lipinski definition) is 0. The standard InChI is InChI=1S/C13H10N4O/c1-9(18)11-7-15-13-5-12(16-17(13)8-11)10-3-2-4-14-6-10/h2-8H,1H3. The molecule has 0 saturated carbocycles. The molecule has 0 amide bonds. The van der Waals surface area contributed by atoms with E-state index in [2.05, 4.69) is 15.1 Å². The van der Waals surface area contributed by atoms with Crippen LogP contribution in [0.2, 0.25) is 0 Å². The second-order valence-electron chi connectivity index (χ2n) is 3.97. The first-order valence-corrected chi connectivity index (χ1v) is 5.51. The fourth-order valence-corrected chi connectivity index (χ4v) is 1.71. The van der Waals surface area contributed by atoms with Crippen molar-refractivity contribution in [3.05, 3.63) is 48.5 Å². The Hall–Kier alpha value is -2.56. The third kappa shape index (κ3) is 1.75. The van der Waals surface area contributed by atoms with E-state index in [1.165, 1.54) is 6.92 Å². The predicted octanol–water partition coefficient (Wildman–Crippen LogP) is 1.99. The molecule has 3 aromatic rings. The number of carbonyl (C=O) groups is 1. The van der Waals surface area contributed by atoms with Crippen molar-refractivity contribution in [1.82, 2.24) is 19.6 Å². The van der Waals surface area contributed by atoms with Gasteiger partial charge in [-0.25, -0.2) is 9.50 Å². The summed E-state index contributed by atoms with van der Waals surface area (Å²) in [5, 5.41) is 4.39. The van der Waals surface area contributed by atoms with E-state index in [4.69, 9.17) is 0 Å². The summed E-state index contributed by atoms with van der Waals surface area (Å²) in [5.41, 5.74) is 2.96. The summed E-state index contributed by atoms with van der Waals surface area (Å²) in [6, 6.07) is 5.65. The third-order valence-corrected chi connectivity index (χ3v) is 2.68. The lowest BCUT2D eigenvalue weighted by atomic mass is 10.2. The van der Waals surface area contributed by atoms with Gasteiger partial charge in [-0.15, -0.1) is 0 Å². The predicted molar refractivity (Wildman–Crippen MR) is 66.2 cm³/mol. The van der Waals surface area contributed by atoms with Crippen LogP contribution < -0.4 is 0 Å². The van der Waals surface area contributed by atoms with Gasteiger partial charge >= 0.3 is 0 Å². The molecule has 0 aliphatic carbocycles. The van der Waals surface area contributed by atoms with Crippen molar-refractivity contribution < 1.29 is 4.79 Å². The molecule has 0 atom stereocenters. The zero-order valence-corrected chi connectivity index (χ0v) is 9.74. The molecule has 0 fully saturated rings. The highest BCUT2D eigenvalue weighted by atomic mass is 16.1. The number of Topliss-reactive ketones (excluding diaryl/α,β-unsaturated/α-hetero) is 1. The van der Waals surface area contributed by atoms with Crippen LogP contribution in [0.25, 0.3) is 16.9 Å². The summed E-state index contributed by atoms with van der Waals surface area (Å²) >= 11 is 0. The molecule has 0 unspecified atom stereocenters. The molecular weight excluding hydrogens is 228 g/mol. The summed E-state index contributed by atoms with van der Waals surface area (Å²) in [4.78, 5) is 19.5. The second kappa shape index (κ2) is 4.03. The lowest BCUT2D eigenvalue weighted by Gasteiger charge is -1.95. The summed E-state index contributed by atoms with van der Waals surface area (Å²) < 4.78 is 1.61. The molecular formula is C13H10N4O. The quantitative estimate of drug-likeness (QED) is 0.640. The van der Waals surface area contributed by atoms with Crippen molar-refractivity contribution in [2.24, 2.45) is 0 Å². The molecule has 3 heterocycles. The maximum absolute atomic E-state index is 11.3. The van der Waals surface area contributed by atoms with Gasteiger partial charge in [0.05, 0.1) is 11.3 Å². The van der Waals surface area contributed by atoms with Crippen LogP contribution in [-0.4, -0.2) is 25.4 Å². The minimum absolute atomic E-state index is 0.0252. The van der Waals surface area contributed by atoms with E-state index < -0.39 is 0 Å². The van der Waals surface area contributed by atoms with E-state index >= 15 is 0 Å². The number of nitrogens with zero attached hydrogens (tertiary/aromatic N) is 4. The SMILES string of the molecule is CC(=O)c1cnc2cc(-c3cccnc3)nn2c1. The lowest BCUT2D eigenvalue weighted by molar-refractivity contribution is 0.101. The smallest absolute Gasteiger partial charge is 0.162 e. The monoisotopic (exact) mass is 238 g/mol. The molecule has 0 radical (unpaired) electrons. The maximum atomic E-state index is 11.3. The lowest BCUT2D eigenvalue weighted by Crippen LogP contribution is -1.98. The molecule has 88 valence electrons. The van der Waals surface area contributed by atoms with E-state index in [9.17, 15) is 4.79 Å². The molecule has 0 saturated heterocycles. The van der Waals surface area contributed by atoms with Gasteiger partial charge in [0.2, 0.25) is 0 Å². The van der Waals surface area contributed by atoms with E-state index in [1.54, 1.807) is 29.3 Å². The number of rotatable bonds is 2. The number of hydrogen-bond acceptors (Lipinski definition) is 4. The number of carbonyl (C=O) groups excluding carboxylic acids is 1. The van der Waals surface area contributed by atoms with Crippen molar-refractivity contribution in [3.8, 4) is 11.3 Å². The molecule has 0 aliphatic rings. The third-order valence-electron chi connectivity index (χ3n) is 2.68. The highest BCUT2D eigenvalue weighted by molar-refractivity contribution is 5.93. The van der Waals surface area contributed by atoms with Crippen LogP contribution in [0.4, 0.5) is 0 Å². The van der Waals surface area contributed by atoms with Gasteiger partial charge in [-0.1, -0.05) is 0 Å². The van der Waals surface area contributed by atoms with Crippen LogP contribution in [0.3, 0.4) is 0 Å². The zero-order valence-electron chi connectivity index (χ0n) is 9.74. The van der Waals surface area contributed by atoms with Crippen LogP contribution in [0.1, 0.15) is 17.3 Å². The van der Waals surface area contributed by atoms with Gasteiger partial charge in [0.1, 0.15) is 0 Å². The minimum Gasteiger partial charge on any atom is -0.294 e. The van der Waals surface area contributed by atoms with E-state index in [-0.39, 0.29) is 5.78 Å². The molecule has 18 heavy (non-hydrogen) atoms. The summed E-state index contributed by atoms with van der Waals surface area (Å²) in [5.74, 6) is -0.0252. The normalized spacial score (nSPS) is 10.7. The van der Waals surface area contributed by atoms with Gasteiger partial charge in [-0.3, -0.25) is 9.78 Å². The Morgan fingerprint density at radius 3 is 2.94 bits per heavy atom. The van der Waals surface area contributed by atoms with Gasteiger partial charge < -0.3 is 0 Å². The highest BCUT2D eigenvalue weighted by Crippen LogP contribution is 2.17. The maximum Gasteiger partial charge on any atom is 0.162 e. The Kier molecular flexibility index (Phi) is 2.37. The Morgan fingerprint density at radius 2 is 2.22 bits per heavy atom. The van der Waals surface area contributed by atoms with Crippen molar-refractivity contribution in [2.75, 3.05) is 0 Å². The Labute approximate surface area is 103 Å². The molecule has 0 aromatic carbocycles. The molecule has 5 heteroatoms. The summed E-state index contributed by atoms with van der Waals surface area (Å²) in [6.07, 6.45) is 6.70. The average molecular weight is 238 g/mol. The largest absolute Gasteiger partial charge is 0.294 e. The number of aromatic nitrogens is 4. The van der Waals surface area contributed by atoms with Gasteiger partial charge in [0, 0.05) is 36.4 Å². The average Bonchev–Trinajstić information content (AvgIpc) is 2.82. The summed E-state index contributed by atoms with van der Waals surface area (Å²) in [7, 11) is 0. The minimum atomic E-state index is -0.0252. The molecule has 0 N–H and O–H groups in total. The molecule has 3 rings (SSSR count). The second-order valence-corrected chi connectivity index (χ2v) is 3.97. The Bertz CT molecular complexity index is 718. The van der Waals surface area contributed by atoms with Gasteiger partial charge in [-0.05, 0) is 19.1 Å². The first-order chi connectivity index (χ1) is 8.74. The Balaban J connectivity index is 2.14. The molecule has 0 aliphatic heterocycles. The van der Waals surface area contributed by atoms with Gasteiger partial charge in [0.15, 0.2) is 11.4 Å². The van der Waals surface area contributed by atoms with Crippen LogP contribution in [0.5, 0.6) is 0 Å². The van der Waals surface area contributed by atoms with Crippen molar-refractivity contribution in [1.29, 1.82) is 0 Å². The topological polar surface area (TPSA) is 60.2 Å². The van der Waals surface area contributed by atoms with Crippen LogP contribution in [0.15, 0.2) is 43.0 Å². The van der Waals surface area contributed by atoms with Crippen molar-refractivity contribution in [3.63, 3.8) is 0 Å². The molecule has 0 spiro atoms. The Morgan fingerprint density at radius 1 is 1.33 bits per heavy atom. The number of pyridine rings is 1. The number of ketones is 1. The van der Waals surface area contributed by atoms with Gasteiger partial charge in [-0.2, -0.15) is 5.10 Å². The van der Waals surface area contributed by atoms with Crippen LogP contribution in [0, 0.1) is 0 Å². The fraction of sp³-hybridized carbons (Fsp3) is 0.0769. The van der Waals surface area contributed by atoms with Crippen molar-refractivity contribution in [2.45, 2.75) is 6.92 Å². The molecule has 0 bridgehead atoms. The van der Waals surface area contributed by atoms with Crippen molar-refractivity contribution >= 4 is 11.4 Å². The molecule has 3 aromatic heterocycles.